The van der Waals surface area contributed by atoms with E-state index in [0.29, 0.717) is 35.7 Å². The highest BCUT2D eigenvalue weighted by Crippen LogP contribution is 2.17. The lowest BCUT2D eigenvalue weighted by atomic mass is 10.00. The molecule has 3 heterocycles. The zero-order valence-electron chi connectivity index (χ0n) is 17.3. The summed E-state index contributed by atoms with van der Waals surface area (Å²) >= 11 is 0. The summed E-state index contributed by atoms with van der Waals surface area (Å²) in [6, 6.07) is 7.93. The summed E-state index contributed by atoms with van der Waals surface area (Å²) in [6.07, 6.45) is 4.10. The summed E-state index contributed by atoms with van der Waals surface area (Å²) in [5, 5.41) is 4.85. The van der Waals surface area contributed by atoms with Crippen LogP contribution in [-0.4, -0.2) is 43.2 Å². The molecule has 3 aromatic rings. The van der Waals surface area contributed by atoms with E-state index in [1.807, 2.05) is 36.1 Å². The van der Waals surface area contributed by atoms with Crippen molar-refractivity contribution in [1.29, 1.82) is 0 Å². The molecule has 1 atom stereocenters. The first-order chi connectivity index (χ1) is 13.9. The third-order valence-corrected chi connectivity index (χ3v) is 5.72. The molecule has 0 spiro atoms. The van der Waals surface area contributed by atoms with Crippen LogP contribution in [0.2, 0.25) is 0 Å². The van der Waals surface area contributed by atoms with Gasteiger partial charge in [0.25, 0.3) is 5.56 Å². The van der Waals surface area contributed by atoms with E-state index in [0.717, 1.165) is 30.8 Å². The molecule has 1 aliphatic rings. The first kappa shape index (κ1) is 19.4. The van der Waals surface area contributed by atoms with Crippen LogP contribution in [0.5, 0.6) is 0 Å². The number of aromatic nitrogens is 4. The third kappa shape index (κ3) is 3.81. The smallest absolute Gasteiger partial charge is 0.264 e. The highest BCUT2D eigenvalue weighted by atomic mass is 16.2. The van der Waals surface area contributed by atoms with Gasteiger partial charge in [-0.3, -0.25) is 14.2 Å². The Kier molecular flexibility index (Phi) is 5.22. The predicted molar refractivity (Wildman–Crippen MR) is 112 cm³/mol. The molecule has 0 radical (unpaired) electrons. The summed E-state index contributed by atoms with van der Waals surface area (Å²) in [7, 11) is 0. The maximum Gasteiger partial charge on any atom is 0.264 e. The molecule has 1 fully saturated rings. The Morgan fingerprint density at radius 3 is 2.69 bits per heavy atom. The van der Waals surface area contributed by atoms with Gasteiger partial charge in [0.15, 0.2) is 5.65 Å². The number of carbonyl (C=O) groups is 1. The summed E-state index contributed by atoms with van der Waals surface area (Å²) in [5.41, 5.74) is 2.42. The fraction of sp³-hybridized carbons (Fsp3) is 0.455. The lowest BCUT2D eigenvalue weighted by molar-refractivity contribution is -0.133. The molecule has 2 aromatic heterocycles. The molecular formula is C22H27N5O2. The van der Waals surface area contributed by atoms with Crippen molar-refractivity contribution in [3.63, 3.8) is 0 Å². The Balaban J connectivity index is 1.59. The molecule has 152 valence electrons. The second-order valence-electron chi connectivity index (χ2n) is 8.08. The Bertz CT molecular complexity index is 1100. The predicted octanol–water partition coefficient (Wildman–Crippen LogP) is 2.85. The zero-order valence-corrected chi connectivity index (χ0v) is 17.3. The van der Waals surface area contributed by atoms with Crippen molar-refractivity contribution in [3.8, 4) is 5.69 Å². The number of hydrogen-bond donors (Lipinski definition) is 0. The standard InChI is InChI=1S/C22H27N5O2/c1-15-6-8-18(9-7-15)27-21-19(13-23-27)22(29)26(17(3)24-21)12-10-20(28)25-11-4-5-16(2)14-25/h6-9,13,16H,4-5,10-12,14H2,1-3H3. The number of piperidine rings is 1. The van der Waals surface area contributed by atoms with E-state index in [9.17, 15) is 9.59 Å². The van der Waals surface area contributed by atoms with E-state index in [4.69, 9.17) is 0 Å². The number of likely N-dealkylation sites (tertiary alicyclic amines) is 1. The average molecular weight is 393 g/mol. The molecule has 7 nitrogen and oxygen atoms in total. The fourth-order valence-electron chi connectivity index (χ4n) is 4.03. The van der Waals surface area contributed by atoms with E-state index in [1.165, 1.54) is 6.42 Å². The van der Waals surface area contributed by atoms with Gasteiger partial charge in [0, 0.05) is 26.1 Å². The fourth-order valence-corrected chi connectivity index (χ4v) is 4.03. The number of rotatable bonds is 4. The molecule has 0 aliphatic carbocycles. The molecule has 0 bridgehead atoms. The minimum absolute atomic E-state index is 0.110. The van der Waals surface area contributed by atoms with Gasteiger partial charge in [-0.2, -0.15) is 5.10 Å². The quantitative estimate of drug-likeness (QED) is 0.683. The second kappa shape index (κ2) is 7.81. The van der Waals surface area contributed by atoms with E-state index in [1.54, 1.807) is 22.4 Å². The SMILES string of the molecule is Cc1ccc(-n2ncc3c(=O)n(CCC(=O)N4CCCC(C)C4)c(C)nc32)cc1. The van der Waals surface area contributed by atoms with Crippen molar-refractivity contribution >= 4 is 16.9 Å². The van der Waals surface area contributed by atoms with Crippen LogP contribution in [0.4, 0.5) is 0 Å². The zero-order chi connectivity index (χ0) is 20.5. The Labute approximate surface area is 170 Å². The monoisotopic (exact) mass is 393 g/mol. The van der Waals surface area contributed by atoms with Gasteiger partial charge >= 0.3 is 0 Å². The van der Waals surface area contributed by atoms with Gasteiger partial charge in [-0.15, -0.1) is 0 Å². The number of hydrogen-bond acceptors (Lipinski definition) is 4. The topological polar surface area (TPSA) is 73.0 Å². The number of carbonyl (C=O) groups excluding carboxylic acids is 1. The van der Waals surface area contributed by atoms with Crippen molar-refractivity contribution < 1.29 is 4.79 Å². The van der Waals surface area contributed by atoms with Crippen LogP contribution >= 0.6 is 0 Å². The molecule has 1 saturated heterocycles. The normalized spacial score (nSPS) is 17.1. The molecule has 29 heavy (non-hydrogen) atoms. The maximum absolute atomic E-state index is 13.0. The molecule has 1 aliphatic heterocycles. The van der Waals surface area contributed by atoms with Crippen LogP contribution in [0, 0.1) is 19.8 Å². The Morgan fingerprint density at radius 1 is 1.21 bits per heavy atom. The number of benzene rings is 1. The van der Waals surface area contributed by atoms with Crippen LogP contribution < -0.4 is 5.56 Å². The number of aryl methyl sites for hydroxylation is 2. The van der Waals surface area contributed by atoms with Gasteiger partial charge in [0.2, 0.25) is 5.91 Å². The van der Waals surface area contributed by atoms with Gasteiger partial charge < -0.3 is 4.90 Å². The van der Waals surface area contributed by atoms with Gasteiger partial charge in [-0.05, 0) is 44.7 Å². The van der Waals surface area contributed by atoms with Gasteiger partial charge in [-0.25, -0.2) is 9.67 Å². The van der Waals surface area contributed by atoms with Crippen molar-refractivity contribution in [2.75, 3.05) is 13.1 Å². The van der Waals surface area contributed by atoms with E-state index in [-0.39, 0.29) is 11.5 Å². The molecule has 7 heteroatoms. The van der Waals surface area contributed by atoms with Crippen LogP contribution in [0.15, 0.2) is 35.3 Å². The van der Waals surface area contributed by atoms with Gasteiger partial charge in [0.1, 0.15) is 11.2 Å². The van der Waals surface area contributed by atoms with Gasteiger partial charge in [0.05, 0.1) is 11.9 Å². The van der Waals surface area contributed by atoms with Crippen molar-refractivity contribution in [3.05, 3.63) is 52.2 Å². The molecule has 0 N–H and O–H groups in total. The lowest BCUT2D eigenvalue weighted by Crippen LogP contribution is -2.40. The van der Waals surface area contributed by atoms with E-state index in [2.05, 4.69) is 17.0 Å². The third-order valence-electron chi connectivity index (χ3n) is 5.72. The molecule has 1 amide bonds. The maximum atomic E-state index is 13.0. The molecule has 1 aromatic carbocycles. The summed E-state index contributed by atoms with van der Waals surface area (Å²) in [4.78, 5) is 32.2. The van der Waals surface area contributed by atoms with E-state index < -0.39 is 0 Å². The first-order valence-corrected chi connectivity index (χ1v) is 10.2. The highest BCUT2D eigenvalue weighted by Gasteiger charge is 2.21. The van der Waals surface area contributed by atoms with Crippen molar-refractivity contribution in [2.45, 2.75) is 46.6 Å². The Hall–Kier alpha value is -2.96. The molecule has 0 saturated carbocycles. The molecule has 4 rings (SSSR count). The molecule has 1 unspecified atom stereocenters. The second-order valence-corrected chi connectivity index (χ2v) is 8.08. The van der Waals surface area contributed by atoms with Gasteiger partial charge in [-0.1, -0.05) is 24.6 Å². The molecular weight excluding hydrogens is 366 g/mol. The number of nitrogens with zero attached hydrogens (tertiary/aromatic N) is 5. The first-order valence-electron chi connectivity index (χ1n) is 10.2. The average Bonchev–Trinajstić information content (AvgIpc) is 3.12. The van der Waals surface area contributed by atoms with E-state index >= 15 is 0 Å². The van der Waals surface area contributed by atoms with Crippen LogP contribution in [0.3, 0.4) is 0 Å². The Morgan fingerprint density at radius 2 is 1.97 bits per heavy atom. The highest BCUT2D eigenvalue weighted by molar-refractivity contribution is 5.77. The largest absolute Gasteiger partial charge is 0.342 e. The van der Waals surface area contributed by atoms with Crippen molar-refractivity contribution in [1.82, 2.24) is 24.2 Å². The summed E-state index contributed by atoms with van der Waals surface area (Å²) in [5.74, 6) is 1.25. The van der Waals surface area contributed by atoms with Crippen molar-refractivity contribution in [2.24, 2.45) is 5.92 Å². The summed E-state index contributed by atoms with van der Waals surface area (Å²) in [6.45, 7) is 7.98. The van der Waals surface area contributed by atoms with Crippen LogP contribution in [0.1, 0.15) is 37.6 Å². The minimum atomic E-state index is -0.148. The number of fused-ring (bicyclic) bond motifs is 1. The van der Waals surface area contributed by atoms with Crippen LogP contribution in [0.25, 0.3) is 16.7 Å². The summed E-state index contributed by atoms with van der Waals surface area (Å²) < 4.78 is 3.28. The number of amides is 1. The minimum Gasteiger partial charge on any atom is -0.342 e. The van der Waals surface area contributed by atoms with Crippen LogP contribution in [-0.2, 0) is 11.3 Å². The lowest BCUT2D eigenvalue weighted by Gasteiger charge is -2.31.